The minimum Gasteiger partial charge on any atom is -0.484 e. The van der Waals surface area contributed by atoms with Crippen molar-refractivity contribution in [3.8, 4) is 11.6 Å². The zero-order valence-electron chi connectivity index (χ0n) is 15.9. The van der Waals surface area contributed by atoms with Crippen LogP contribution in [-0.4, -0.2) is 58.1 Å². The predicted molar refractivity (Wildman–Crippen MR) is 107 cm³/mol. The van der Waals surface area contributed by atoms with Crippen LogP contribution in [0.3, 0.4) is 0 Å². The molecule has 3 heterocycles. The molecule has 0 N–H and O–H groups in total. The van der Waals surface area contributed by atoms with Crippen LogP contribution in [0, 0.1) is 6.92 Å². The molecule has 0 bridgehead atoms. The molecule has 3 aromatic rings. The number of aromatic nitrogens is 3. The fraction of sp³-hybridized carbons (Fsp3) is 0.286. The van der Waals surface area contributed by atoms with E-state index in [-0.39, 0.29) is 12.5 Å². The van der Waals surface area contributed by atoms with Crippen LogP contribution in [-0.2, 0) is 4.79 Å². The van der Waals surface area contributed by atoms with Crippen LogP contribution in [0.1, 0.15) is 5.56 Å². The number of aryl methyl sites for hydroxylation is 1. The van der Waals surface area contributed by atoms with Gasteiger partial charge in [0.15, 0.2) is 6.61 Å². The zero-order valence-corrected chi connectivity index (χ0v) is 15.9. The van der Waals surface area contributed by atoms with Crippen molar-refractivity contribution in [2.75, 3.05) is 37.7 Å². The van der Waals surface area contributed by atoms with Gasteiger partial charge in [-0.25, -0.2) is 9.97 Å². The maximum atomic E-state index is 12.5. The Balaban J connectivity index is 1.33. The summed E-state index contributed by atoms with van der Waals surface area (Å²) in [7, 11) is 0. The standard InChI is InChI=1S/C21H23N5O2/c1-17-6-2-3-7-18(17)28-15-21(27)26-12-10-25(11-13-26)20-14-19(22-16-23-20)24-8-4-5-9-24/h2-9,14,16H,10-13,15H2,1H3. The van der Waals surface area contributed by atoms with Crippen LogP contribution in [0.2, 0.25) is 0 Å². The second kappa shape index (κ2) is 8.12. The molecule has 2 aromatic heterocycles. The monoisotopic (exact) mass is 377 g/mol. The summed E-state index contributed by atoms with van der Waals surface area (Å²) in [6.45, 7) is 4.81. The Morgan fingerprint density at radius 3 is 2.46 bits per heavy atom. The van der Waals surface area contributed by atoms with Gasteiger partial charge in [0.25, 0.3) is 5.91 Å². The molecule has 1 fully saturated rings. The van der Waals surface area contributed by atoms with Crippen molar-refractivity contribution >= 4 is 11.7 Å². The second-order valence-corrected chi connectivity index (χ2v) is 6.75. The third kappa shape index (κ3) is 3.98. The number of carbonyl (C=O) groups excluding carboxylic acids is 1. The van der Waals surface area contributed by atoms with E-state index in [0.717, 1.165) is 36.0 Å². The Hall–Kier alpha value is -3.35. The van der Waals surface area contributed by atoms with Crippen LogP contribution >= 0.6 is 0 Å². The van der Waals surface area contributed by atoms with E-state index in [1.807, 2.05) is 71.2 Å². The summed E-state index contributed by atoms with van der Waals surface area (Å²) in [5, 5.41) is 0. The van der Waals surface area contributed by atoms with Crippen molar-refractivity contribution in [1.29, 1.82) is 0 Å². The first-order chi connectivity index (χ1) is 13.7. The number of piperazine rings is 1. The Bertz CT molecular complexity index is 933. The molecule has 7 heteroatoms. The van der Waals surface area contributed by atoms with Crippen LogP contribution in [0.5, 0.6) is 5.75 Å². The second-order valence-electron chi connectivity index (χ2n) is 6.75. The normalized spacial score (nSPS) is 14.2. The maximum Gasteiger partial charge on any atom is 0.260 e. The topological polar surface area (TPSA) is 63.5 Å². The summed E-state index contributed by atoms with van der Waals surface area (Å²) in [5.74, 6) is 2.48. The van der Waals surface area contributed by atoms with Crippen molar-refractivity contribution in [1.82, 2.24) is 19.4 Å². The minimum atomic E-state index is 0.0126. The van der Waals surface area contributed by atoms with Crippen molar-refractivity contribution in [3.05, 3.63) is 66.7 Å². The van der Waals surface area contributed by atoms with Gasteiger partial charge in [-0.1, -0.05) is 18.2 Å². The third-order valence-corrected chi connectivity index (χ3v) is 4.91. The molecule has 1 aliphatic heterocycles. The molecule has 0 saturated carbocycles. The molecule has 1 aromatic carbocycles. The number of anilines is 1. The highest BCUT2D eigenvalue weighted by Crippen LogP contribution is 2.18. The lowest BCUT2D eigenvalue weighted by Crippen LogP contribution is -2.50. The summed E-state index contributed by atoms with van der Waals surface area (Å²) < 4.78 is 7.64. The number of rotatable bonds is 5. The molecule has 28 heavy (non-hydrogen) atoms. The Morgan fingerprint density at radius 2 is 1.71 bits per heavy atom. The number of carbonyl (C=O) groups is 1. The largest absolute Gasteiger partial charge is 0.484 e. The van der Waals surface area contributed by atoms with Gasteiger partial charge in [0.2, 0.25) is 0 Å². The predicted octanol–water partition coefficient (Wildman–Crippen LogP) is 2.30. The van der Waals surface area contributed by atoms with Crippen molar-refractivity contribution in [2.45, 2.75) is 6.92 Å². The molecule has 144 valence electrons. The van der Waals surface area contributed by atoms with Gasteiger partial charge in [0.05, 0.1) is 0 Å². The summed E-state index contributed by atoms with van der Waals surface area (Å²) in [6.07, 6.45) is 5.49. The number of ether oxygens (including phenoxy) is 1. The van der Waals surface area contributed by atoms with Crippen molar-refractivity contribution in [2.24, 2.45) is 0 Å². The van der Waals surface area contributed by atoms with Gasteiger partial charge in [0.1, 0.15) is 23.7 Å². The van der Waals surface area contributed by atoms with Gasteiger partial charge < -0.3 is 19.1 Å². The lowest BCUT2D eigenvalue weighted by atomic mass is 10.2. The van der Waals surface area contributed by atoms with Crippen LogP contribution in [0.4, 0.5) is 5.82 Å². The molecule has 0 unspecified atom stereocenters. The van der Waals surface area contributed by atoms with Gasteiger partial charge in [-0.15, -0.1) is 0 Å². The van der Waals surface area contributed by atoms with Crippen LogP contribution < -0.4 is 9.64 Å². The van der Waals surface area contributed by atoms with E-state index in [1.165, 1.54) is 0 Å². The summed E-state index contributed by atoms with van der Waals surface area (Å²) in [4.78, 5) is 25.2. The highest BCUT2D eigenvalue weighted by molar-refractivity contribution is 5.78. The highest BCUT2D eigenvalue weighted by atomic mass is 16.5. The lowest BCUT2D eigenvalue weighted by Gasteiger charge is -2.35. The summed E-state index contributed by atoms with van der Waals surface area (Å²) in [6, 6.07) is 13.6. The maximum absolute atomic E-state index is 12.5. The van der Waals surface area contributed by atoms with Crippen LogP contribution in [0.25, 0.3) is 5.82 Å². The van der Waals surface area contributed by atoms with E-state index in [2.05, 4.69) is 14.9 Å². The Kier molecular flexibility index (Phi) is 5.23. The number of amides is 1. The summed E-state index contributed by atoms with van der Waals surface area (Å²) in [5.41, 5.74) is 1.03. The van der Waals surface area contributed by atoms with E-state index in [9.17, 15) is 4.79 Å². The molecular formula is C21H23N5O2. The molecular weight excluding hydrogens is 354 g/mol. The molecule has 1 saturated heterocycles. The van der Waals surface area contributed by atoms with Gasteiger partial charge in [-0.05, 0) is 30.7 Å². The number of para-hydroxylation sites is 1. The molecule has 1 amide bonds. The molecule has 7 nitrogen and oxygen atoms in total. The Labute approximate surface area is 164 Å². The average molecular weight is 377 g/mol. The van der Waals surface area contributed by atoms with Gasteiger partial charge in [0, 0.05) is 44.6 Å². The van der Waals surface area contributed by atoms with Crippen molar-refractivity contribution < 1.29 is 9.53 Å². The fourth-order valence-corrected chi connectivity index (χ4v) is 3.27. The highest BCUT2D eigenvalue weighted by Gasteiger charge is 2.22. The minimum absolute atomic E-state index is 0.0126. The molecule has 1 aliphatic rings. The van der Waals surface area contributed by atoms with E-state index < -0.39 is 0 Å². The van der Waals surface area contributed by atoms with Crippen LogP contribution in [0.15, 0.2) is 61.2 Å². The Morgan fingerprint density at radius 1 is 1.00 bits per heavy atom. The van der Waals surface area contributed by atoms with Gasteiger partial charge in [-0.2, -0.15) is 0 Å². The molecule has 0 atom stereocenters. The number of hydrogen-bond acceptors (Lipinski definition) is 5. The SMILES string of the molecule is Cc1ccccc1OCC(=O)N1CCN(c2cc(-n3cccc3)ncn2)CC1. The molecule has 0 radical (unpaired) electrons. The van der Waals surface area contributed by atoms with E-state index >= 15 is 0 Å². The average Bonchev–Trinajstić information content (AvgIpc) is 3.28. The van der Waals surface area contributed by atoms with Gasteiger partial charge >= 0.3 is 0 Å². The first-order valence-corrected chi connectivity index (χ1v) is 9.37. The number of hydrogen-bond donors (Lipinski definition) is 0. The van der Waals surface area contributed by atoms with E-state index in [4.69, 9.17) is 4.74 Å². The summed E-state index contributed by atoms with van der Waals surface area (Å²) >= 11 is 0. The smallest absolute Gasteiger partial charge is 0.260 e. The number of benzene rings is 1. The molecule has 0 aliphatic carbocycles. The number of nitrogens with zero attached hydrogens (tertiary/aromatic N) is 5. The van der Waals surface area contributed by atoms with Crippen molar-refractivity contribution in [3.63, 3.8) is 0 Å². The fourth-order valence-electron chi connectivity index (χ4n) is 3.27. The quantitative estimate of drug-likeness (QED) is 0.683. The zero-order chi connectivity index (χ0) is 19.3. The first kappa shape index (κ1) is 18.0. The van der Waals surface area contributed by atoms with Gasteiger partial charge in [-0.3, -0.25) is 4.79 Å². The molecule has 0 spiro atoms. The lowest BCUT2D eigenvalue weighted by molar-refractivity contribution is -0.133. The van der Waals surface area contributed by atoms with E-state index in [1.54, 1.807) is 6.33 Å². The van der Waals surface area contributed by atoms with E-state index in [0.29, 0.717) is 13.1 Å². The molecule has 4 rings (SSSR count). The first-order valence-electron chi connectivity index (χ1n) is 9.37. The third-order valence-electron chi connectivity index (χ3n) is 4.91.